The van der Waals surface area contributed by atoms with E-state index >= 15 is 0 Å². The zero-order chi connectivity index (χ0) is 19.3. The second-order valence-corrected chi connectivity index (χ2v) is 7.54. The summed E-state index contributed by atoms with van der Waals surface area (Å²) in [4.78, 5) is 23.1. The van der Waals surface area contributed by atoms with Crippen molar-refractivity contribution in [2.24, 2.45) is 0 Å². The highest BCUT2D eigenvalue weighted by Crippen LogP contribution is 2.35. The van der Waals surface area contributed by atoms with E-state index in [1.165, 1.54) is 6.07 Å². The average Bonchev–Trinajstić information content (AvgIpc) is 2.51. The molecule has 1 unspecified atom stereocenters. The molecule has 0 spiro atoms. The third kappa shape index (κ3) is 6.26. The number of ether oxygens (including phenoxy) is 1. The van der Waals surface area contributed by atoms with Gasteiger partial charge in [0.05, 0.1) is 19.1 Å². The Morgan fingerprint density at radius 1 is 1.24 bits per heavy atom. The van der Waals surface area contributed by atoms with Crippen LogP contribution in [0, 0.1) is 0 Å². The van der Waals surface area contributed by atoms with Crippen LogP contribution in [0.4, 0.5) is 13.2 Å². The Bertz CT molecular complexity index is 752. The lowest BCUT2D eigenvalue weighted by Gasteiger charge is -2.13. The van der Waals surface area contributed by atoms with Gasteiger partial charge in [0.2, 0.25) is 0 Å². The van der Waals surface area contributed by atoms with Crippen molar-refractivity contribution in [3.63, 3.8) is 0 Å². The summed E-state index contributed by atoms with van der Waals surface area (Å²) < 4.78 is 73.4. The molecule has 0 aromatic heterocycles. The molecule has 0 radical (unpaired) electrons. The highest BCUT2D eigenvalue weighted by atomic mass is 127. The molecule has 7 nitrogen and oxygen atoms in total. The summed E-state index contributed by atoms with van der Waals surface area (Å²) in [5, 5.41) is 0. The highest BCUT2D eigenvalue weighted by Gasteiger charge is 2.49. The molecule has 0 bridgehead atoms. The van der Waals surface area contributed by atoms with Crippen LogP contribution in [-0.2, 0) is 19.6 Å². The Kier molecular flexibility index (Phi) is 7.88. The van der Waals surface area contributed by atoms with E-state index in [9.17, 15) is 31.2 Å². The van der Waals surface area contributed by atoms with Gasteiger partial charge < -0.3 is 13.4 Å². The maximum atomic E-state index is 12.5. The number of rotatable bonds is 8. The van der Waals surface area contributed by atoms with E-state index in [2.05, 4.69) is 8.92 Å². The predicted octanol–water partition coefficient (Wildman–Crippen LogP) is 3.37. The molecule has 0 aliphatic carbocycles. The van der Waals surface area contributed by atoms with E-state index in [4.69, 9.17) is 4.52 Å². The maximum Gasteiger partial charge on any atom is 0.534 e. The molecule has 1 rings (SSSR count). The van der Waals surface area contributed by atoms with Gasteiger partial charge in [-0.1, -0.05) is 0 Å². The maximum absolute atomic E-state index is 12.5. The number of hydrogen-bond acceptors (Lipinski definition) is 7. The van der Waals surface area contributed by atoms with E-state index in [0.29, 0.717) is 0 Å². The van der Waals surface area contributed by atoms with E-state index in [0.717, 1.165) is 19.2 Å². The summed E-state index contributed by atoms with van der Waals surface area (Å²) in [6.07, 6.45) is -0.725. The Hall–Kier alpha value is -1.14. The summed E-state index contributed by atoms with van der Waals surface area (Å²) in [7, 11) is -4.87. The molecule has 140 valence electrons. The van der Waals surface area contributed by atoms with Gasteiger partial charge in [-0.15, -0.1) is 0 Å². The molecule has 0 aliphatic rings. The second kappa shape index (κ2) is 8.99. The van der Waals surface area contributed by atoms with Crippen molar-refractivity contribution in [3.8, 4) is 11.5 Å². The van der Waals surface area contributed by atoms with Gasteiger partial charge in [0.15, 0.2) is 11.5 Å². The van der Waals surface area contributed by atoms with E-state index < -0.39 is 45.1 Å². The van der Waals surface area contributed by atoms with E-state index in [-0.39, 0.29) is 18.6 Å². The second-order valence-electron chi connectivity index (χ2n) is 4.32. The molecule has 0 heterocycles. The van der Waals surface area contributed by atoms with E-state index in [1.807, 2.05) is 22.0 Å². The van der Waals surface area contributed by atoms with Crippen LogP contribution in [0.2, 0.25) is 0 Å². The summed E-state index contributed by atoms with van der Waals surface area (Å²) in [6, 6.07) is 3.19. The number of alkyl halides is 3. The third-order valence-electron chi connectivity index (χ3n) is 2.68. The summed E-state index contributed by atoms with van der Waals surface area (Å²) in [5.74, 6) is -2.31. The number of Topliss-reactive ketones (excluding diaryl/α,β-unsaturated/α-hetero) is 1. The first kappa shape index (κ1) is 21.9. The lowest BCUT2D eigenvalue weighted by molar-refractivity contribution is -0.140. The van der Waals surface area contributed by atoms with Crippen LogP contribution in [0.3, 0.4) is 0 Å². The Morgan fingerprint density at radius 2 is 1.88 bits per heavy atom. The molecule has 0 amide bonds. The Balaban J connectivity index is 3.20. The highest BCUT2D eigenvalue weighted by molar-refractivity contribution is 14.2. The molecular formula is C12H11F3IO7PS. The minimum atomic E-state index is -5.97. The van der Waals surface area contributed by atoms with Crippen molar-refractivity contribution < 1.29 is 44.6 Å². The van der Waals surface area contributed by atoms with Gasteiger partial charge in [-0.25, -0.2) is 0 Å². The lowest BCUT2D eigenvalue weighted by Crippen LogP contribution is -2.28. The number of esters is 1. The first-order chi connectivity index (χ1) is 11.5. The largest absolute Gasteiger partial charge is 0.534 e. The predicted molar refractivity (Wildman–Crippen MR) is 90.6 cm³/mol. The SMILES string of the molecule is COC(=O)CCC(=O)c1ccc(OPI)cc1OS(=O)(=O)C(F)(F)F. The number of ketones is 1. The van der Waals surface area contributed by atoms with Crippen LogP contribution < -0.4 is 8.71 Å². The summed E-state index contributed by atoms with van der Waals surface area (Å²) in [5.41, 5.74) is -6.10. The number of carbonyl (C=O) groups is 2. The molecule has 13 heteroatoms. The monoisotopic (exact) mass is 514 g/mol. The van der Waals surface area contributed by atoms with Crippen molar-refractivity contribution in [2.45, 2.75) is 18.3 Å². The Morgan fingerprint density at radius 3 is 2.40 bits per heavy atom. The fraction of sp³-hybridized carbons (Fsp3) is 0.333. The molecule has 25 heavy (non-hydrogen) atoms. The van der Waals surface area contributed by atoms with Gasteiger partial charge in [-0.2, -0.15) is 21.6 Å². The Labute approximate surface area is 155 Å². The van der Waals surface area contributed by atoms with Crippen molar-refractivity contribution in [1.29, 1.82) is 0 Å². The van der Waals surface area contributed by atoms with Gasteiger partial charge in [0.25, 0.3) is 0 Å². The van der Waals surface area contributed by atoms with Gasteiger partial charge in [-0.05, 0) is 34.2 Å². The minimum Gasteiger partial charge on any atom is -0.469 e. The van der Waals surface area contributed by atoms with Crippen LogP contribution in [0.25, 0.3) is 0 Å². The molecule has 1 aromatic carbocycles. The quantitative estimate of drug-likeness (QED) is 0.131. The van der Waals surface area contributed by atoms with Gasteiger partial charge in [0.1, 0.15) is 12.2 Å². The number of methoxy groups -OCH3 is 1. The van der Waals surface area contributed by atoms with Crippen LogP contribution >= 0.6 is 28.5 Å². The average molecular weight is 514 g/mol. The standard InChI is InChI=1S/C12H11F3IO7PS/c1-21-11(18)5-4-9(17)8-3-2-7(22-24-16)6-10(8)23-25(19,20)12(13,14)15/h2-3,6,24H,4-5H2,1H3. The third-order valence-corrected chi connectivity index (χ3v) is 4.62. The zero-order valence-electron chi connectivity index (χ0n) is 12.4. The first-order valence-corrected chi connectivity index (χ1v) is 11.7. The minimum absolute atomic E-state index is 0.0182. The molecular weight excluding hydrogens is 503 g/mol. The molecule has 0 N–H and O–H groups in total. The van der Waals surface area contributed by atoms with Gasteiger partial charge in [0, 0.05) is 12.5 Å². The fourth-order valence-electron chi connectivity index (χ4n) is 1.53. The smallest absolute Gasteiger partial charge is 0.469 e. The van der Waals surface area contributed by atoms with E-state index in [1.54, 1.807) is 0 Å². The molecule has 1 atom stereocenters. The van der Waals surface area contributed by atoms with Crippen LogP contribution in [0.5, 0.6) is 11.5 Å². The van der Waals surface area contributed by atoms with Crippen LogP contribution in [0.1, 0.15) is 23.2 Å². The molecule has 0 saturated carbocycles. The van der Waals surface area contributed by atoms with Crippen LogP contribution in [-0.4, -0.2) is 32.8 Å². The molecule has 1 aromatic rings. The zero-order valence-corrected chi connectivity index (χ0v) is 16.4. The molecule has 0 saturated heterocycles. The first-order valence-electron chi connectivity index (χ1n) is 6.29. The number of hydrogen-bond donors (Lipinski definition) is 0. The van der Waals surface area contributed by atoms with Crippen molar-refractivity contribution >= 4 is 50.4 Å². The molecule has 0 aliphatic heterocycles. The summed E-state index contributed by atoms with van der Waals surface area (Å²) >= 11 is 1.84. The normalized spacial score (nSPS) is 12.2. The number of carbonyl (C=O) groups excluding carboxylic acids is 2. The van der Waals surface area contributed by atoms with Gasteiger partial charge >= 0.3 is 21.6 Å². The van der Waals surface area contributed by atoms with Crippen molar-refractivity contribution in [3.05, 3.63) is 23.8 Å². The van der Waals surface area contributed by atoms with Crippen LogP contribution in [0.15, 0.2) is 18.2 Å². The fourth-order valence-corrected chi connectivity index (χ4v) is 2.98. The van der Waals surface area contributed by atoms with Crippen molar-refractivity contribution in [2.75, 3.05) is 7.11 Å². The van der Waals surface area contributed by atoms with Crippen molar-refractivity contribution in [1.82, 2.24) is 0 Å². The number of benzene rings is 1. The number of halogens is 4. The lowest BCUT2D eigenvalue weighted by atomic mass is 10.1. The van der Waals surface area contributed by atoms with Gasteiger partial charge in [-0.3, -0.25) is 9.59 Å². The summed E-state index contributed by atoms with van der Waals surface area (Å²) in [6.45, 7) is -0.107. The molecule has 0 fully saturated rings. The topological polar surface area (TPSA) is 96.0 Å².